The van der Waals surface area contributed by atoms with Gasteiger partial charge in [-0.3, -0.25) is 4.79 Å². The first-order chi connectivity index (χ1) is 14.7. The van der Waals surface area contributed by atoms with E-state index in [1.54, 1.807) is 18.2 Å². The zero-order valence-corrected chi connectivity index (χ0v) is 18.5. The van der Waals surface area contributed by atoms with E-state index >= 15 is 0 Å². The number of hydrogen-bond donors (Lipinski definition) is 0. The van der Waals surface area contributed by atoms with Crippen LogP contribution in [0.25, 0.3) is 6.08 Å². The van der Waals surface area contributed by atoms with E-state index in [0.717, 1.165) is 54.9 Å². The van der Waals surface area contributed by atoms with Gasteiger partial charge in [0.05, 0.1) is 19.8 Å². The topological polar surface area (TPSA) is 44.8 Å². The van der Waals surface area contributed by atoms with Crippen molar-refractivity contribution in [2.24, 2.45) is 0 Å². The highest BCUT2D eigenvalue weighted by Gasteiger charge is 2.07. The minimum atomic E-state index is -0.0474. The summed E-state index contributed by atoms with van der Waals surface area (Å²) in [5, 5.41) is 0. The average Bonchev–Trinajstić information content (AvgIpc) is 2.78. The van der Waals surface area contributed by atoms with Gasteiger partial charge >= 0.3 is 0 Å². The van der Waals surface area contributed by atoms with Gasteiger partial charge in [-0.15, -0.1) is 0 Å². The number of carbonyl (C=O) groups is 1. The highest BCUT2D eigenvalue weighted by Crippen LogP contribution is 2.29. The molecule has 0 fully saturated rings. The van der Waals surface area contributed by atoms with Crippen molar-refractivity contribution in [2.45, 2.75) is 52.9 Å². The summed E-state index contributed by atoms with van der Waals surface area (Å²) in [5.74, 6) is 2.22. The Bertz CT molecular complexity index is 793. The molecule has 0 aliphatic rings. The highest BCUT2D eigenvalue weighted by atomic mass is 16.5. The van der Waals surface area contributed by atoms with Crippen LogP contribution in [0.1, 0.15) is 68.8 Å². The van der Waals surface area contributed by atoms with Crippen LogP contribution >= 0.6 is 0 Å². The van der Waals surface area contributed by atoms with Crippen molar-refractivity contribution in [3.63, 3.8) is 0 Å². The van der Waals surface area contributed by atoms with Crippen molar-refractivity contribution in [1.29, 1.82) is 0 Å². The van der Waals surface area contributed by atoms with Crippen molar-refractivity contribution >= 4 is 11.9 Å². The fourth-order valence-electron chi connectivity index (χ4n) is 2.72. The van der Waals surface area contributed by atoms with Crippen molar-refractivity contribution in [3.05, 3.63) is 59.7 Å². The van der Waals surface area contributed by atoms with Crippen LogP contribution in [0.3, 0.4) is 0 Å². The SMILES string of the molecule is CCCCOc1ccc(/C=C/C(=O)c2ccc(OCCC)cc2)cc1OCCCC. The van der Waals surface area contributed by atoms with Crippen LogP contribution in [0.4, 0.5) is 0 Å². The van der Waals surface area contributed by atoms with Crippen LogP contribution in [-0.2, 0) is 0 Å². The molecular weight excluding hydrogens is 376 g/mol. The summed E-state index contributed by atoms with van der Waals surface area (Å²) in [6.07, 6.45) is 8.51. The summed E-state index contributed by atoms with van der Waals surface area (Å²) in [6.45, 7) is 8.33. The molecule has 30 heavy (non-hydrogen) atoms. The minimum Gasteiger partial charge on any atom is -0.494 e. The first kappa shape index (κ1) is 23.5. The molecular formula is C26H34O4. The number of carbonyl (C=O) groups excluding carboxylic acids is 1. The molecule has 0 aliphatic heterocycles. The molecule has 0 bridgehead atoms. The molecule has 0 saturated carbocycles. The molecule has 0 aromatic heterocycles. The summed E-state index contributed by atoms with van der Waals surface area (Å²) in [5.41, 5.74) is 1.54. The van der Waals surface area contributed by atoms with Gasteiger partial charge in [-0.1, -0.05) is 45.8 Å². The van der Waals surface area contributed by atoms with E-state index in [1.165, 1.54) is 0 Å². The third-order valence-electron chi connectivity index (χ3n) is 4.52. The van der Waals surface area contributed by atoms with E-state index in [4.69, 9.17) is 14.2 Å². The zero-order chi connectivity index (χ0) is 21.6. The van der Waals surface area contributed by atoms with Crippen LogP contribution in [-0.4, -0.2) is 25.6 Å². The first-order valence-electron chi connectivity index (χ1n) is 11.0. The number of ketones is 1. The second-order valence-electron chi connectivity index (χ2n) is 7.18. The molecule has 2 aromatic carbocycles. The normalized spacial score (nSPS) is 10.9. The van der Waals surface area contributed by atoms with E-state index in [2.05, 4.69) is 20.8 Å². The second kappa shape index (κ2) is 13.5. The van der Waals surface area contributed by atoms with Crippen LogP contribution in [0.2, 0.25) is 0 Å². The molecule has 2 rings (SSSR count). The summed E-state index contributed by atoms with van der Waals surface area (Å²) < 4.78 is 17.4. The van der Waals surface area contributed by atoms with Crippen LogP contribution < -0.4 is 14.2 Å². The second-order valence-corrected chi connectivity index (χ2v) is 7.18. The van der Waals surface area contributed by atoms with E-state index < -0.39 is 0 Å². The quantitative estimate of drug-likeness (QED) is 0.197. The number of ether oxygens (including phenoxy) is 3. The van der Waals surface area contributed by atoms with E-state index in [1.807, 2.05) is 36.4 Å². The van der Waals surface area contributed by atoms with Gasteiger partial charge in [-0.2, -0.15) is 0 Å². The predicted octanol–water partition coefficient (Wildman–Crippen LogP) is 6.73. The summed E-state index contributed by atoms with van der Waals surface area (Å²) in [4.78, 5) is 12.5. The number of hydrogen-bond acceptors (Lipinski definition) is 4. The molecule has 2 aromatic rings. The van der Waals surface area contributed by atoms with Gasteiger partial charge in [-0.25, -0.2) is 0 Å². The number of unbranched alkanes of at least 4 members (excludes halogenated alkanes) is 2. The zero-order valence-electron chi connectivity index (χ0n) is 18.5. The van der Waals surface area contributed by atoms with Gasteiger partial charge in [0, 0.05) is 5.56 Å². The first-order valence-corrected chi connectivity index (χ1v) is 11.0. The fourth-order valence-corrected chi connectivity index (χ4v) is 2.72. The van der Waals surface area contributed by atoms with Crippen molar-refractivity contribution < 1.29 is 19.0 Å². The third-order valence-corrected chi connectivity index (χ3v) is 4.52. The molecule has 4 nitrogen and oxygen atoms in total. The molecule has 162 valence electrons. The van der Waals surface area contributed by atoms with Gasteiger partial charge in [0.25, 0.3) is 0 Å². The maximum absolute atomic E-state index is 12.5. The lowest BCUT2D eigenvalue weighted by molar-refractivity contribution is 0.104. The Morgan fingerprint density at radius 2 is 1.43 bits per heavy atom. The van der Waals surface area contributed by atoms with Gasteiger partial charge in [0.2, 0.25) is 0 Å². The monoisotopic (exact) mass is 410 g/mol. The number of allylic oxidation sites excluding steroid dienone is 1. The van der Waals surface area contributed by atoms with E-state index in [-0.39, 0.29) is 5.78 Å². The highest BCUT2D eigenvalue weighted by molar-refractivity contribution is 6.06. The molecule has 0 atom stereocenters. The molecule has 0 radical (unpaired) electrons. The fraction of sp³-hybridized carbons (Fsp3) is 0.423. The lowest BCUT2D eigenvalue weighted by Gasteiger charge is -2.13. The molecule has 0 spiro atoms. The number of benzene rings is 2. The lowest BCUT2D eigenvalue weighted by Crippen LogP contribution is -2.02. The molecule has 0 amide bonds. The molecule has 0 saturated heterocycles. The maximum Gasteiger partial charge on any atom is 0.185 e. The van der Waals surface area contributed by atoms with Crippen molar-refractivity contribution in [2.75, 3.05) is 19.8 Å². The standard InChI is InChI=1S/C26H34O4/c1-4-7-18-29-25-16-10-21(20-26(25)30-19-8-5-2)9-15-24(27)22-11-13-23(14-12-22)28-17-6-3/h9-16,20H,4-8,17-19H2,1-3H3/b15-9+. The Morgan fingerprint density at radius 3 is 2.07 bits per heavy atom. The summed E-state index contributed by atoms with van der Waals surface area (Å²) in [6, 6.07) is 13.0. The Balaban J connectivity index is 2.06. The molecule has 0 N–H and O–H groups in total. The lowest BCUT2D eigenvalue weighted by atomic mass is 10.1. The molecule has 4 heteroatoms. The number of rotatable bonds is 14. The van der Waals surface area contributed by atoms with Gasteiger partial charge in [0.15, 0.2) is 17.3 Å². The van der Waals surface area contributed by atoms with Crippen molar-refractivity contribution in [1.82, 2.24) is 0 Å². The van der Waals surface area contributed by atoms with Gasteiger partial charge < -0.3 is 14.2 Å². The molecule has 0 heterocycles. The largest absolute Gasteiger partial charge is 0.494 e. The van der Waals surface area contributed by atoms with Crippen LogP contribution in [0.5, 0.6) is 17.2 Å². The van der Waals surface area contributed by atoms with E-state index in [0.29, 0.717) is 25.4 Å². The smallest absolute Gasteiger partial charge is 0.185 e. The van der Waals surface area contributed by atoms with Gasteiger partial charge in [-0.05, 0) is 67.3 Å². The van der Waals surface area contributed by atoms with Crippen LogP contribution in [0.15, 0.2) is 48.5 Å². The summed E-state index contributed by atoms with van der Waals surface area (Å²) >= 11 is 0. The Morgan fingerprint density at radius 1 is 0.767 bits per heavy atom. The predicted molar refractivity (Wildman–Crippen MR) is 123 cm³/mol. The molecule has 0 unspecified atom stereocenters. The maximum atomic E-state index is 12.5. The molecule has 0 aliphatic carbocycles. The summed E-state index contributed by atoms with van der Waals surface area (Å²) in [7, 11) is 0. The average molecular weight is 411 g/mol. The minimum absolute atomic E-state index is 0.0474. The Hall–Kier alpha value is -2.75. The van der Waals surface area contributed by atoms with Crippen LogP contribution in [0, 0.1) is 0 Å². The Labute approximate surface area is 180 Å². The van der Waals surface area contributed by atoms with E-state index in [9.17, 15) is 4.79 Å². The Kier molecular flexibility index (Phi) is 10.6. The van der Waals surface area contributed by atoms with Crippen molar-refractivity contribution in [3.8, 4) is 17.2 Å². The third kappa shape index (κ3) is 7.94. The van der Waals surface area contributed by atoms with Gasteiger partial charge in [0.1, 0.15) is 5.75 Å².